The second-order valence-corrected chi connectivity index (χ2v) is 6.49. The Morgan fingerprint density at radius 2 is 1.85 bits per heavy atom. The first kappa shape index (κ1) is 13.3. The van der Waals surface area contributed by atoms with E-state index in [-0.39, 0.29) is 5.91 Å². The average molecular weight is 302 g/mol. The zero-order valence-electron chi connectivity index (χ0n) is 10.8. The van der Waals surface area contributed by atoms with Crippen LogP contribution in [0.2, 0.25) is 0 Å². The smallest absolute Gasteiger partial charge is 0.261 e. The van der Waals surface area contributed by atoms with E-state index in [0.29, 0.717) is 13.1 Å². The zero-order valence-corrected chi connectivity index (χ0v) is 12.4. The lowest BCUT2D eigenvalue weighted by Crippen LogP contribution is -2.21. The fraction of sp³-hybridized carbons (Fsp3) is 0.133. The molecule has 3 aromatic rings. The van der Waals surface area contributed by atoms with Crippen LogP contribution in [-0.2, 0) is 13.1 Å². The molecule has 0 bridgehead atoms. The van der Waals surface area contributed by atoms with Crippen LogP contribution in [0.5, 0.6) is 0 Å². The number of carbonyl (C=O) groups is 1. The van der Waals surface area contributed by atoms with E-state index < -0.39 is 0 Å². The van der Waals surface area contributed by atoms with Crippen LogP contribution in [0.3, 0.4) is 0 Å². The molecule has 3 nitrogen and oxygen atoms in total. The van der Waals surface area contributed by atoms with E-state index in [9.17, 15) is 4.79 Å². The van der Waals surface area contributed by atoms with Crippen molar-refractivity contribution in [3.63, 3.8) is 0 Å². The van der Waals surface area contributed by atoms with E-state index in [1.165, 1.54) is 20.7 Å². The number of hydrogen-bond donors (Lipinski definition) is 2. The highest BCUT2D eigenvalue weighted by Gasteiger charge is 2.10. The summed E-state index contributed by atoms with van der Waals surface area (Å²) in [5.41, 5.74) is 7.73. The van der Waals surface area contributed by atoms with Gasteiger partial charge in [-0.25, -0.2) is 0 Å². The first-order chi connectivity index (χ1) is 9.76. The normalized spacial score (nSPS) is 10.8. The number of nitrogens with two attached hydrogens (primary N) is 1. The molecular weight excluding hydrogens is 288 g/mol. The van der Waals surface area contributed by atoms with Gasteiger partial charge in [0.1, 0.15) is 0 Å². The number of nitrogens with one attached hydrogen (secondary N) is 1. The number of rotatable bonds is 4. The number of hydrogen-bond acceptors (Lipinski definition) is 4. The first-order valence-corrected chi connectivity index (χ1v) is 7.99. The highest BCUT2D eigenvalue weighted by Crippen LogP contribution is 2.29. The number of thiophene rings is 2. The highest BCUT2D eigenvalue weighted by molar-refractivity contribution is 7.27. The minimum absolute atomic E-state index is 0.0127. The number of fused-ring (bicyclic) bond motifs is 1. The average Bonchev–Trinajstić information content (AvgIpc) is 3.06. The van der Waals surface area contributed by atoms with Gasteiger partial charge in [-0.3, -0.25) is 4.79 Å². The summed E-state index contributed by atoms with van der Waals surface area (Å²) in [4.78, 5) is 12.9. The lowest BCUT2D eigenvalue weighted by Gasteiger charge is -2.04. The van der Waals surface area contributed by atoms with Crippen molar-refractivity contribution < 1.29 is 4.79 Å². The monoisotopic (exact) mass is 302 g/mol. The molecule has 0 saturated carbocycles. The van der Waals surface area contributed by atoms with Crippen molar-refractivity contribution in [1.29, 1.82) is 0 Å². The summed E-state index contributed by atoms with van der Waals surface area (Å²) >= 11 is 3.20. The largest absolute Gasteiger partial charge is 0.347 e. The summed E-state index contributed by atoms with van der Waals surface area (Å²) in [7, 11) is 0. The fourth-order valence-electron chi connectivity index (χ4n) is 1.94. The van der Waals surface area contributed by atoms with Crippen LogP contribution in [0.4, 0.5) is 0 Å². The summed E-state index contributed by atoms with van der Waals surface area (Å²) < 4.78 is 2.35. The standard InChI is InChI=1S/C15H14N2OS2/c16-8-10-1-3-11(4-2-10)9-17-15(18)14-7-13-12(20-14)5-6-19-13/h1-7H,8-9,16H2,(H,17,18). The SMILES string of the molecule is NCc1ccc(CNC(=O)c2cc3sccc3s2)cc1. The predicted octanol–water partition coefficient (Wildman–Crippen LogP) is 3.35. The third kappa shape index (κ3) is 2.75. The lowest BCUT2D eigenvalue weighted by molar-refractivity contribution is 0.0955. The first-order valence-electron chi connectivity index (χ1n) is 6.29. The summed E-state index contributed by atoms with van der Waals surface area (Å²) in [5, 5.41) is 4.99. The maximum atomic E-state index is 12.1. The topological polar surface area (TPSA) is 55.1 Å². The van der Waals surface area contributed by atoms with E-state index in [4.69, 9.17) is 5.73 Å². The second kappa shape index (κ2) is 5.75. The third-order valence-corrected chi connectivity index (χ3v) is 5.17. The minimum atomic E-state index is -0.0127. The minimum Gasteiger partial charge on any atom is -0.347 e. The van der Waals surface area contributed by atoms with Crippen LogP contribution in [0.25, 0.3) is 9.40 Å². The van der Waals surface area contributed by atoms with Crippen molar-refractivity contribution >= 4 is 38.0 Å². The van der Waals surface area contributed by atoms with Crippen molar-refractivity contribution in [2.75, 3.05) is 0 Å². The molecule has 102 valence electrons. The van der Waals surface area contributed by atoms with Crippen LogP contribution < -0.4 is 11.1 Å². The van der Waals surface area contributed by atoms with Gasteiger partial charge in [-0.05, 0) is 28.6 Å². The maximum absolute atomic E-state index is 12.1. The van der Waals surface area contributed by atoms with Gasteiger partial charge in [0.15, 0.2) is 0 Å². The van der Waals surface area contributed by atoms with Gasteiger partial charge < -0.3 is 11.1 Å². The summed E-state index contributed by atoms with van der Waals surface area (Å²) in [6.07, 6.45) is 0. The lowest BCUT2D eigenvalue weighted by atomic mass is 10.1. The Bertz CT molecular complexity index is 699. The zero-order chi connectivity index (χ0) is 13.9. The van der Waals surface area contributed by atoms with Crippen molar-refractivity contribution in [3.05, 3.63) is 57.8 Å². The van der Waals surface area contributed by atoms with Gasteiger partial charge in [0.2, 0.25) is 0 Å². The van der Waals surface area contributed by atoms with E-state index in [0.717, 1.165) is 16.0 Å². The quantitative estimate of drug-likeness (QED) is 0.776. The molecule has 1 aromatic carbocycles. The van der Waals surface area contributed by atoms with Gasteiger partial charge in [-0.1, -0.05) is 24.3 Å². The summed E-state index contributed by atoms with van der Waals surface area (Å²) in [5.74, 6) is -0.0127. The van der Waals surface area contributed by atoms with Crippen molar-refractivity contribution in [2.24, 2.45) is 5.73 Å². The molecule has 0 fully saturated rings. The molecule has 0 aliphatic rings. The molecule has 0 saturated heterocycles. The Balaban J connectivity index is 1.65. The molecule has 5 heteroatoms. The van der Waals surface area contributed by atoms with E-state index in [2.05, 4.69) is 5.32 Å². The highest BCUT2D eigenvalue weighted by atomic mass is 32.1. The molecule has 0 radical (unpaired) electrons. The van der Waals surface area contributed by atoms with Crippen LogP contribution in [0, 0.1) is 0 Å². The molecule has 0 aliphatic carbocycles. The molecule has 0 spiro atoms. The van der Waals surface area contributed by atoms with Crippen LogP contribution >= 0.6 is 22.7 Å². The Hall–Kier alpha value is -1.69. The van der Waals surface area contributed by atoms with E-state index >= 15 is 0 Å². The molecule has 1 amide bonds. The molecule has 0 unspecified atom stereocenters. The van der Waals surface area contributed by atoms with Crippen LogP contribution in [-0.4, -0.2) is 5.91 Å². The predicted molar refractivity (Wildman–Crippen MR) is 85.2 cm³/mol. The molecule has 0 aliphatic heterocycles. The molecule has 2 aromatic heterocycles. The van der Waals surface area contributed by atoms with Crippen LogP contribution in [0.15, 0.2) is 41.8 Å². The van der Waals surface area contributed by atoms with E-state index in [1.807, 2.05) is 41.8 Å². The third-order valence-electron chi connectivity index (χ3n) is 3.07. The number of amides is 1. The van der Waals surface area contributed by atoms with Gasteiger partial charge >= 0.3 is 0 Å². The Kier molecular flexibility index (Phi) is 3.82. The maximum Gasteiger partial charge on any atom is 0.261 e. The van der Waals surface area contributed by atoms with Gasteiger partial charge in [-0.2, -0.15) is 0 Å². The van der Waals surface area contributed by atoms with Crippen LogP contribution in [0.1, 0.15) is 20.8 Å². The van der Waals surface area contributed by atoms with Crippen molar-refractivity contribution in [1.82, 2.24) is 5.32 Å². The Labute approximate surface area is 125 Å². The van der Waals surface area contributed by atoms with Crippen molar-refractivity contribution in [3.8, 4) is 0 Å². The Morgan fingerprint density at radius 3 is 2.55 bits per heavy atom. The molecule has 3 N–H and O–H groups in total. The van der Waals surface area contributed by atoms with Gasteiger partial charge in [0, 0.05) is 22.5 Å². The molecule has 20 heavy (non-hydrogen) atoms. The summed E-state index contributed by atoms with van der Waals surface area (Å²) in [6, 6.07) is 12.0. The number of carbonyl (C=O) groups excluding carboxylic acids is 1. The summed E-state index contributed by atoms with van der Waals surface area (Å²) in [6.45, 7) is 1.08. The van der Waals surface area contributed by atoms with Gasteiger partial charge in [-0.15, -0.1) is 22.7 Å². The second-order valence-electron chi connectivity index (χ2n) is 4.46. The van der Waals surface area contributed by atoms with Gasteiger partial charge in [0.05, 0.1) is 4.88 Å². The van der Waals surface area contributed by atoms with Gasteiger partial charge in [0.25, 0.3) is 5.91 Å². The Morgan fingerprint density at radius 1 is 1.10 bits per heavy atom. The fourth-order valence-corrected chi connectivity index (χ4v) is 3.97. The molecular formula is C15H14N2OS2. The van der Waals surface area contributed by atoms with Crippen molar-refractivity contribution in [2.45, 2.75) is 13.1 Å². The molecule has 2 heterocycles. The van der Waals surface area contributed by atoms with E-state index in [1.54, 1.807) is 11.3 Å². The molecule has 0 atom stereocenters. The molecule has 3 rings (SSSR count). The number of benzene rings is 1.